The molecule has 0 bridgehead atoms. The molecule has 2 unspecified atom stereocenters. The average molecular weight is 298 g/mol. The molecule has 0 heterocycles. The molecule has 1 aliphatic carbocycles. The maximum absolute atomic E-state index is 11.0. The van der Waals surface area contributed by atoms with E-state index in [0.717, 1.165) is 19.3 Å². The van der Waals surface area contributed by atoms with Crippen molar-refractivity contribution in [3.05, 3.63) is 29.3 Å². The zero-order chi connectivity index (χ0) is 14.4. The molecular formula is C15H20ClNO3. The van der Waals surface area contributed by atoms with E-state index in [-0.39, 0.29) is 12.0 Å². The number of nitrogens with one attached hydrogen (secondary N) is 1. The van der Waals surface area contributed by atoms with Crippen molar-refractivity contribution in [2.45, 2.75) is 31.7 Å². The molecule has 2 N–H and O–H groups in total. The van der Waals surface area contributed by atoms with E-state index in [1.807, 2.05) is 18.2 Å². The predicted octanol–water partition coefficient (Wildman–Crippen LogP) is 2.95. The van der Waals surface area contributed by atoms with E-state index in [1.54, 1.807) is 6.07 Å². The van der Waals surface area contributed by atoms with E-state index >= 15 is 0 Å². The van der Waals surface area contributed by atoms with Crippen LogP contribution in [0.3, 0.4) is 0 Å². The second-order valence-electron chi connectivity index (χ2n) is 5.13. The van der Waals surface area contributed by atoms with Crippen LogP contribution in [0.15, 0.2) is 24.3 Å². The molecule has 0 radical (unpaired) electrons. The maximum Gasteiger partial charge on any atom is 0.306 e. The molecular weight excluding hydrogens is 278 g/mol. The first kappa shape index (κ1) is 15.1. The first-order valence-corrected chi connectivity index (χ1v) is 7.38. The summed E-state index contributed by atoms with van der Waals surface area (Å²) in [6.45, 7) is 1.22. The van der Waals surface area contributed by atoms with Crippen molar-refractivity contribution in [1.29, 1.82) is 0 Å². The van der Waals surface area contributed by atoms with Crippen molar-refractivity contribution in [3.63, 3.8) is 0 Å². The van der Waals surface area contributed by atoms with Gasteiger partial charge in [-0.1, -0.05) is 30.2 Å². The van der Waals surface area contributed by atoms with E-state index in [2.05, 4.69) is 5.32 Å². The van der Waals surface area contributed by atoms with Crippen LogP contribution < -0.4 is 10.1 Å². The molecule has 5 heteroatoms. The molecule has 1 aromatic rings. The fourth-order valence-electron chi connectivity index (χ4n) is 2.59. The van der Waals surface area contributed by atoms with E-state index in [0.29, 0.717) is 30.3 Å². The van der Waals surface area contributed by atoms with Crippen LogP contribution in [0.5, 0.6) is 5.75 Å². The van der Waals surface area contributed by atoms with Crippen molar-refractivity contribution < 1.29 is 14.6 Å². The lowest BCUT2D eigenvalue weighted by Crippen LogP contribution is -2.38. The molecule has 20 heavy (non-hydrogen) atoms. The Hall–Kier alpha value is -1.26. The lowest BCUT2D eigenvalue weighted by molar-refractivity contribution is -0.143. The molecule has 4 nitrogen and oxygen atoms in total. The van der Waals surface area contributed by atoms with Crippen LogP contribution in [-0.4, -0.2) is 30.3 Å². The normalized spacial score (nSPS) is 22.4. The number of benzene rings is 1. The van der Waals surface area contributed by atoms with Crippen LogP contribution in [0.4, 0.5) is 0 Å². The number of rotatable bonds is 6. The molecule has 0 aliphatic heterocycles. The number of carbonyl (C=O) groups is 1. The highest BCUT2D eigenvalue weighted by Gasteiger charge is 2.26. The maximum atomic E-state index is 11.0. The zero-order valence-corrected chi connectivity index (χ0v) is 12.1. The highest BCUT2D eigenvalue weighted by molar-refractivity contribution is 6.32. The Morgan fingerprint density at radius 3 is 2.95 bits per heavy atom. The highest BCUT2D eigenvalue weighted by atomic mass is 35.5. The smallest absolute Gasteiger partial charge is 0.306 e. The van der Waals surface area contributed by atoms with Gasteiger partial charge in [0.25, 0.3) is 0 Å². The molecule has 1 aliphatic rings. The zero-order valence-electron chi connectivity index (χ0n) is 11.3. The van der Waals surface area contributed by atoms with Gasteiger partial charge in [0.2, 0.25) is 0 Å². The van der Waals surface area contributed by atoms with Gasteiger partial charge in [-0.25, -0.2) is 0 Å². The van der Waals surface area contributed by atoms with Gasteiger partial charge in [-0.15, -0.1) is 0 Å². The van der Waals surface area contributed by atoms with Gasteiger partial charge in [-0.2, -0.15) is 0 Å². The summed E-state index contributed by atoms with van der Waals surface area (Å²) in [6, 6.07) is 7.65. The lowest BCUT2D eigenvalue weighted by atomic mass is 9.86. The van der Waals surface area contributed by atoms with Crippen LogP contribution in [-0.2, 0) is 4.79 Å². The Bertz CT molecular complexity index is 452. The minimum Gasteiger partial charge on any atom is -0.491 e. The summed E-state index contributed by atoms with van der Waals surface area (Å²) in [4.78, 5) is 11.0. The van der Waals surface area contributed by atoms with Crippen molar-refractivity contribution in [2.75, 3.05) is 13.2 Å². The molecule has 0 aromatic heterocycles. The minimum atomic E-state index is -0.677. The lowest BCUT2D eigenvalue weighted by Gasteiger charge is -2.27. The third kappa shape index (κ3) is 4.39. The topological polar surface area (TPSA) is 58.6 Å². The Balaban J connectivity index is 1.68. The van der Waals surface area contributed by atoms with E-state index < -0.39 is 5.97 Å². The number of aliphatic carboxylic acids is 1. The van der Waals surface area contributed by atoms with Crippen molar-refractivity contribution in [2.24, 2.45) is 5.92 Å². The van der Waals surface area contributed by atoms with Gasteiger partial charge >= 0.3 is 5.97 Å². The summed E-state index contributed by atoms with van der Waals surface area (Å²) in [5.41, 5.74) is 0. The minimum absolute atomic E-state index is 0.203. The molecule has 110 valence electrons. The summed E-state index contributed by atoms with van der Waals surface area (Å²) >= 11 is 6.00. The first-order valence-electron chi connectivity index (χ1n) is 7.00. The predicted molar refractivity (Wildman–Crippen MR) is 78.3 cm³/mol. The first-order chi connectivity index (χ1) is 9.66. The molecule has 1 aromatic carbocycles. The van der Waals surface area contributed by atoms with Crippen LogP contribution >= 0.6 is 11.6 Å². The van der Waals surface area contributed by atoms with E-state index in [1.165, 1.54) is 0 Å². The number of halogens is 1. The van der Waals surface area contributed by atoms with E-state index in [9.17, 15) is 4.79 Å². The molecule has 0 amide bonds. The summed E-state index contributed by atoms with van der Waals surface area (Å²) < 4.78 is 5.59. The second kappa shape index (κ2) is 7.50. The van der Waals surface area contributed by atoms with Crippen molar-refractivity contribution >= 4 is 17.6 Å². The monoisotopic (exact) mass is 297 g/mol. The Morgan fingerprint density at radius 2 is 2.20 bits per heavy atom. The number of hydrogen-bond donors (Lipinski definition) is 2. The number of carboxylic acid groups (broad SMARTS) is 1. The van der Waals surface area contributed by atoms with Crippen LogP contribution in [0.1, 0.15) is 25.7 Å². The fraction of sp³-hybridized carbons (Fsp3) is 0.533. The summed E-state index contributed by atoms with van der Waals surface area (Å²) in [5, 5.41) is 13.0. The van der Waals surface area contributed by atoms with Crippen molar-refractivity contribution in [3.8, 4) is 5.75 Å². The quantitative estimate of drug-likeness (QED) is 0.793. The largest absolute Gasteiger partial charge is 0.491 e. The van der Waals surface area contributed by atoms with E-state index in [4.69, 9.17) is 21.4 Å². The summed E-state index contributed by atoms with van der Waals surface area (Å²) in [7, 11) is 0. The van der Waals surface area contributed by atoms with Crippen molar-refractivity contribution in [1.82, 2.24) is 5.32 Å². The molecule has 0 spiro atoms. The van der Waals surface area contributed by atoms with Gasteiger partial charge in [0.05, 0.1) is 10.9 Å². The van der Waals surface area contributed by atoms with Gasteiger partial charge < -0.3 is 15.2 Å². The van der Waals surface area contributed by atoms with Gasteiger partial charge in [0, 0.05) is 12.6 Å². The van der Waals surface area contributed by atoms with Gasteiger partial charge in [-0.05, 0) is 31.4 Å². The second-order valence-corrected chi connectivity index (χ2v) is 5.54. The number of ether oxygens (including phenoxy) is 1. The van der Waals surface area contributed by atoms with Crippen LogP contribution in [0.2, 0.25) is 5.02 Å². The molecule has 0 saturated heterocycles. The molecule has 1 saturated carbocycles. The molecule has 2 rings (SSSR count). The number of para-hydroxylation sites is 1. The van der Waals surface area contributed by atoms with Gasteiger partial charge in [0.15, 0.2) is 0 Å². The average Bonchev–Trinajstić information content (AvgIpc) is 2.45. The van der Waals surface area contributed by atoms with Crippen LogP contribution in [0, 0.1) is 5.92 Å². The third-order valence-electron chi connectivity index (χ3n) is 3.65. The van der Waals surface area contributed by atoms with Crippen LogP contribution in [0.25, 0.3) is 0 Å². The van der Waals surface area contributed by atoms with Gasteiger partial charge in [-0.3, -0.25) is 4.79 Å². The standard InChI is InChI=1S/C15H20ClNO3/c16-13-6-1-2-7-14(13)20-9-8-17-12-5-3-4-11(10-12)15(18)19/h1-2,6-7,11-12,17H,3-5,8-10H2,(H,18,19). The number of carboxylic acids is 1. The highest BCUT2D eigenvalue weighted by Crippen LogP contribution is 2.25. The summed E-state index contributed by atoms with van der Waals surface area (Å²) in [6.07, 6.45) is 3.51. The Morgan fingerprint density at radius 1 is 1.40 bits per heavy atom. The Labute approximate surface area is 124 Å². The summed E-state index contributed by atoms with van der Waals surface area (Å²) in [5.74, 6) is -0.197. The molecule has 2 atom stereocenters. The SMILES string of the molecule is O=C(O)C1CCCC(NCCOc2ccccc2Cl)C1. The third-order valence-corrected chi connectivity index (χ3v) is 3.96. The Kier molecular flexibility index (Phi) is 5.68. The fourth-order valence-corrected chi connectivity index (χ4v) is 2.78. The van der Waals surface area contributed by atoms with Gasteiger partial charge in [0.1, 0.15) is 12.4 Å². The number of hydrogen-bond acceptors (Lipinski definition) is 3. The molecule has 1 fully saturated rings.